The van der Waals surface area contributed by atoms with Crippen LogP contribution in [0.5, 0.6) is 0 Å². The van der Waals surface area contributed by atoms with E-state index in [-0.39, 0.29) is 0 Å². The van der Waals surface area contributed by atoms with Crippen molar-refractivity contribution in [2.45, 2.75) is 82.4 Å². The van der Waals surface area contributed by atoms with Crippen molar-refractivity contribution in [2.75, 3.05) is 0 Å². The summed E-state index contributed by atoms with van der Waals surface area (Å²) in [5.74, 6) is 0.935. The molecule has 1 atom stereocenters. The fraction of sp³-hybridized carbons (Fsp3) is 1.00. The van der Waals surface area contributed by atoms with Gasteiger partial charge >= 0.3 is 0 Å². The highest BCUT2D eigenvalue weighted by atomic mass is 79.9. The summed E-state index contributed by atoms with van der Waals surface area (Å²) in [6.07, 6.45) is 16.2. The van der Waals surface area contributed by atoms with Gasteiger partial charge in [-0.2, -0.15) is 0 Å². The first-order valence-electron chi connectivity index (χ1n) is 6.95. The van der Waals surface area contributed by atoms with Crippen molar-refractivity contribution >= 4 is 15.9 Å². The molecule has 0 nitrogen and oxygen atoms in total. The van der Waals surface area contributed by atoms with Crippen LogP contribution in [0.4, 0.5) is 0 Å². The van der Waals surface area contributed by atoms with E-state index in [1.807, 2.05) is 0 Å². The SMILES string of the molecule is CC(Br)C1CCCCCCCCCCC1. The van der Waals surface area contributed by atoms with Gasteiger partial charge in [-0.15, -0.1) is 0 Å². The van der Waals surface area contributed by atoms with E-state index in [0.29, 0.717) is 0 Å². The smallest absolute Gasteiger partial charge is 0.0145 e. The molecule has 1 unspecified atom stereocenters. The standard InChI is InChI=1S/C14H27Br/c1-13(15)14-11-9-7-5-3-2-4-6-8-10-12-14/h13-14H,2-12H2,1H3. The molecule has 1 aliphatic carbocycles. The maximum absolute atomic E-state index is 3.78. The molecule has 0 heterocycles. The van der Waals surface area contributed by atoms with Crippen molar-refractivity contribution in [1.29, 1.82) is 0 Å². The lowest BCUT2D eigenvalue weighted by Gasteiger charge is -2.20. The maximum Gasteiger partial charge on any atom is 0.0145 e. The molecule has 0 saturated heterocycles. The van der Waals surface area contributed by atoms with Crippen molar-refractivity contribution < 1.29 is 0 Å². The Balaban J connectivity index is 2.25. The Kier molecular flexibility index (Phi) is 7.78. The fourth-order valence-electron chi connectivity index (χ4n) is 2.65. The molecule has 0 aliphatic heterocycles. The molecule has 1 aliphatic rings. The minimum absolute atomic E-state index is 0.723. The van der Waals surface area contributed by atoms with Gasteiger partial charge in [0.15, 0.2) is 0 Å². The number of hydrogen-bond donors (Lipinski definition) is 0. The molecule has 0 aromatic heterocycles. The predicted octanol–water partition coefficient (Wildman–Crippen LogP) is 5.69. The van der Waals surface area contributed by atoms with E-state index in [4.69, 9.17) is 0 Å². The van der Waals surface area contributed by atoms with Gasteiger partial charge in [0.2, 0.25) is 0 Å². The number of halogens is 1. The number of alkyl halides is 1. The molecule has 1 fully saturated rings. The molecule has 1 heteroatoms. The molecule has 0 radical (unpaired) electrons. The van der Waals surface area contributed by atoms with Crippen LogP contribution in [-0.2, 0) is 0 Å². The van der Waals surface area contributed by atoms with Crippen LogP contribution in [0.25, 0.3) is 0 Å². The molecule has 0 aromatic rings. The predicted molar refractivity (Wildman–Crippen MR) is 72.7 cm³/mol. The second-order valence-electron chi connectivity index (χ2n) is 5.20. The number of rotatable bonds is 1. The zero-order valence-electron chi connectivity index (χ0n) is 10.3. The molecule has 1 rings (SSSR count). The summed E-state index contributed by atoms with van der Waals surface area (Å²) in [6.45, 7) is 2.33. The summed E-state index contributed by atoms with van der Waals surface area (Å²) >= 11 is 3.78. The van der Waals surface area contributed by atoms with Crippen LogP contribution in [0.1, 0.15) is 77.6 Å². The van der Waals surface area contributed by atoms with Gasteiger partial charge in [-0.05, 0) is 18.8 Å². The van der Waals surface area contributed by atoms with Crippen molar-refractivity contribution in [1.82, 2.24) is 0 Å². The van der Waals surface area contributed by atoms with Crippen LogP contribution in [-0.4, -0.2) is 4.83 Å². The zero-order chi connectivity index (χ0) is 10.9. The van der Waals surface area contributed by atoms with Gasteiger partial charge in [0, 0.05) is 4.83 Å². The normalized spacial score (nSPS) is 25.2. The third-order valence-corrected chi connectivity index (χ3v) is 4.55. The first-order chi connectivity index (χ1) is 7.30. The summed E-state index contributed by atoms with van der Waals surface area (Å²) in [7, 11) is 0. The Morgan fingerprint density at radius 3 is 1.40 bits per heavy atom. The Morgan fingerprint density at radius 2 is 1.07 bits per heavy atom. The minimum atomic E-state index is 0.723. The fourth-order valence-corrected chi connectivity index (χ4v) is 3.18. The third kappa shape index (κ3) is 6.60. The van der Waals surface area contributed by atoms with Gasteiger partial charge in [0.05, 0.1) is 0 Å². The summed E-state index contributed by atoms with van der Waals surface area (Å²) < 4.78 is 0. The van der Waals surface area contributed by atoms with Crippen LogP contribution in [0.15, 0.2) is 0 Å². The molecule has 0 spiro atoms. The Morgan fingerprint density at radius 1 is 0.733 bits per heavy atom. The highest BCUT2D eigenvalue weighted by molar-refractivity contribution is 9.09. The molecule has 0 amide bonds. The molecule has 0 bridgehead atoms. The Hall–Kier alpha value is 0.480. The van der Waals surface area contributed by atoms with E-state index < -0.39 is 0 Å². The summed E-state index contributed by atoms with van der Waals surface area (Å²) in [6, 6.07) is 0. The van der Waals surface area contributed by atoms with Crippen molar-refractivity contribution in [3.8, 4) is 0 Å². The third-order valence-electron chi connectivity index (χ3n) is 3.80. The average molecular weight is 275 g/mol. The summed E-state index contributed by atoms with van der Waals surface area (Å²) in [5, 5.41) is 0. The van der Waals surface area contributed by atoms with E-state index >= 15 is 0 Å². The average Bonchev–Trinajstić information content (AvgIpc) is 2.18. The van der Waals surface area contributed by atoms with Crippen LogP contribution in [0, 0.1) is 5.92 Å². The van der Waals surface area contributed by atoms with E-state index in [0.717, 1.165) is 10.7 Å². The second kappa shape index (κ2) is 8.61. The van der Waals surface area contributed by atoms with Crippen molar-refractivity contribution in [3.63, 3.8) is 0 Å². The van der Waals surface area contributed by atoms with E-state index in [1.54, 1.807) is 0 Å². The van der Waals surface area contributed by atoms with Gasteiger partial charge in [-0.3, -0.25) is 0 Å². The van der Waals surface area contributed by atoms with Crippen molar-refractivity contribution in [2.24, 2.45) is 5.92 Å². The van der Waals surface area contributed by atoms with Crippen molar-refractivity contribution in [3.05, 3.63) is 0 Å². The Bertz CT molecular complexity index is 130. The van der Waals surface area contributed by atoms with Crippen LogP contribution in [0.3, 0.4) is 0 Å². The lowest BCUT2D eigenvalue weighted by Crippen LogP contribution is -2.11. The van der Waals surface area contributed by atoms with Crippen LogP contribution in [0.2, 0.25) is 0 Å². The monoisotopic (exact) mass is 274 g/mol. The molecule has 1 saturated carbocycles. The van der Waals surface area contributed by atoms with Crippen LogP contribution >= 0.6 is 15.9 Å². The van der Waals surface area contributed by atoms with Crippen LogP contribution < -0.4 is 0 Å². The number of hydrogen-bond acceptors (Lipinski definition) is 0. The summed E-state index contributed by atoms with van der Waals surface area (Å²) in [5.41, 5.74) is 0. The molecular weight excluding hydrogens is 248 g/mol. The van der Waals surface area contributed by atoms with Gasteiger partial charge in [0.1, 0.15) is 0 Å². The molecule has 0 aromatic carbocycles. The molecule has 0 N–H and O–H groups in total. The lowest BCUT2D eigenvalue weighted by molar-refractivity contribution is 0.395. The zero-order valence-corrected chi connectivity index (χ0v) is 11.9. The highest BCUT2D eigenvalue weighted by Gasteiger charge is 2.14. The largest absolute Gasteiger partial charge is 0.0891 e. The van der Waals surface area contributed by atoms with Gasteiger partial charge in [-0.25, -0.2) is 0 Å². The van der Waals surface area contributed by atoms with Gasteiger partial charge < -0.3 is 0 Å². The van der Waals surface area contributed by atoms with E-state index in [2.05, 4.69) is 22.9 Å². The quantitative estimate of drug-likeness (QED) is 0.539. The lowest BCUT2D eigenvalue weighted by atomic mass is 9.91. The molecular formula is C14H27Br. The van der Waals surface area contributed by atoms with Gasteiger partial charge in [0.25, 0.3) is 0 Å². The van der Waals surface area contributed by atoms with E-state index in [1.165, 1.54) is 70.6 Å². The van der Waals surface area contributed by atoms with Gasteiger partial charge in [-0.1, -0.05) is 80.6 Å². The second-order valence-corrected chi connectivity index (χ2v) is 6.64. The first kappa shape index (κ1) is 13.5. The minimum Gasteiger partial charge on any atom is -0.0891 e. The summed E-state index contributed by atoms with van der Waals surface area (Å²) in [4.78, 5) is 0.723. The molecule has 15 heavy (non-hydrogen) atoms. The topological polar surface area (TPSA) is 0 Å². The maximum atomic E-state index is 3.78. The first-order valence-corrected chi connectivity index (χ1v) is 7.86. The van der Waals surface area contributed by atoms with E-state index in [9.17, 15) is 0 Å². The Labute approximate surface area is 104 Å². The molecule has 90 valence electrons. The highest BCUT2D eigenvalue weighted by Crippen LogP contribution is 2.26.